The Balaban J connectivity index is 1.68. The number of rotatable bonds is 9. The molecule has 0 fully saturated rings. The number of hydrogen-bond acceptors (Lipinski definition) is 4. The molecular weight excluding hydrogens is 499 g/mol. The van der Waals surface area contributed by atoms with E-state index in [1.54, 1.807) is 6.21 Å². The van der Waals surface area contributed by atoms with Crippen molar-refractivity contribution in [1.82, 2.24) is 5.43 Å². The summed E-state index contributed by atoms with van der Waals surface area (Å²) < 4.78 is 12.8. The molecule has 150 valence electrons. The maximum atomic E-state index is 6.16. The van der Waals surface area contributed by atoms with Crippen molar-refractivity contribution in [3.8, 4) is 11.5 Å². The van der Waals surface area contributed by atoms with Gasteiger partial charge in [0, 0.05) is 5.02 Å². The Morgan fingerprint density at radius 2 is 1.79 bits per heavy atom. The molecule has 0 spiro atoms. The molecule has 0 aliphatic carbocycles. The van der Waals surface area contributed by atoms with Crippen LogP contribution >= 0.6 is 34.2 Å². The second-order valence-corrected chi connectivity index (χ2v) is 7.79. The molecule has 0 amide bonds. The average molecular weight is 521 g/mol. The zero-order valence-electron chi connectivity index (χ0n) is 16.1. The van der Waals surface area contributed by atoms with E-state index in [4.69, 9.17) is 21.1 Å². The molecule has 0 radical (unpaired) electrons. The molecule has 3 aromatic rings. The lowest BCUT2D eigenvalue weighted by Crippen LogP contribution is -2.06. The first kappa shape index (κ1) is 21.5. The topological polar surface area (TPSA) is 42.8 Å². The molecule has 1 N–H and O–H groups in total. The van der Waals surface area contributed by atoms with E-state index in [1.807, 2.05) is 73.7 Å². The van der Waals surface area contributed by atoms with E-state index in [-0.39, 0.29) is 0 Å². The van der Waals surface area contributed by atoms with Crippen molar-refractivity contribution in [3.63, 3.8) is 0 Å². The van der Waals surface area contributed by atoms with Gasteiger partial charge in [-0.3, -0.25) is 0 Å². The van der Waals surface area contributed by atoms with Gasteiger partial charge in [-0.25, -0.2) is 0 Å². The van der Waals surface area contributed by atoms with Gasteiger partial charge in [0.25, 0.3) is 0 Å². The maximum absolute atomic E-state index is 6.16. The molecule has 0 aromatic heterocycles. The van der Waals surface area contributed by atoms with E-state index in [0.717, 1.165) is 31.0 Å². The molecule has 6 heteroatoms. The van der Waals surface area contributed by atoms with Crippen LogP contribution in [0.4, 0.5) is 0 Å². The summed E-state index contributed by atoms with van der Waals surface area (Å²) in [5, 5.41) is 5.04. The van der Waals surface area contributed by atoms with Gasteiger partial charge >= 0.3 is 0 Å². The molecule has 3 rings (SSSR count). The van der Waals surface area contributed by atoms with Gasteiger partial charge in [-0.15, -0.1) is 0 Å². The first-order chi connectivity index (χ1) is 14.2. The van der Waals surface area contributed by atoms with Crippen LogP contribution in [-0.4, -0.2) is 12.8 Å². The van der Waals surface area contributed by atoms with Gasteiger partial charge in [-0.1, -0.05) is 60.1 Å². The van der Waals surface area contributed by atoms with E-state index in [9.17, 15) is 0 Å². The summed E-state index contributed by atoms with van der Waals surface area (Å²) in [7, 11) is 0. The lowest BCUT2D eigenvalue weighted by molar-refractivity contribution is 0.267. The molecule has 0 unspecified atom stereocenters. The summed E-state index contributed by atoms with van der Waals surface area (Å²) in [5.74, 6) is 1.46. The molecule has 0 aliphatic heterocycles. The number of benzene rings is 3. The Morgan fingerprint density at radius 1 is 1.03 bits per heavy atom. The predicted molar refractivity (Wildman–Crippen MR) is 127 cm³/mol. The van der Waals surface area contributed by atoms with Gasteiger partial charge in [-0.2, -0.15) is 5.10 Å². The van der Waals surface area contributed by atoms with Gasteiger partial charge in [0.1, 0.15) is 6.61 Å². The fraction of sp³-hybridized carbons (Fsp3) is 0.174. The van der Waals surface area contributed by atoms with Crippen LogP contribution in [0.5, 0.6) is 11.5 Å². The number of ether oxygens (including phenoxy) is 2. The Hall–Kier alpha value is -2.25. The van der Waals surface area contributed by atoms with Gasteiger partial charge in [0.2, 0.25) is 0 Å². The van der Waals surface area contributed by atoms with E-state index >= 15 is 0 Å². The number of hydrogen-bond donors (Lipinski definition) is 1. The van der Waals surface area contributed by atoms with Gasteiger partial charge in [0.15, 0.2) is 11.5 Å². The SMILES string of the molecule is CCOc1cc(/C=N\NCc2ccccc2Cl)cc(I)c1OCc1ccccc1. The molecule has 0 bridgehead atoms. The van der Waals surface area contributed by atoms with E-state index in [1.165, 1.54) is 0 Å². The third kappa shape index (κ3) is 6.37. The van der Waals surface area contributed by atoms with Crippen LogP contribution < -0.4 is 14.9 Å². The summed E-state index contributed by atoms with van der Waals surface area (Å²) in [6.07, 6.45) is 1.77. The quantitative estimate of drug-likeness (QED) is 0.212. The average Bonchev–Trinajstić information content (AvgIpc) is 2.73. The zero-order valence-corrected chi connectivity index (χ0v) is 19.0. The van der Waals surface area contributed by atoms with Gasteiger partial charge in [0.05, 0.1) is 22.9 Å². The fourth-order valence-corrected chi connectivity index (χ4v) is 3.67. The lowest BCUT2D eigenvalue weighted by Gasteiger charge is -2.14. The highest BCUT2D eigenvalue weighted by atomic mass is 127. The van der Waals surface area contributed by atoms with Crippen LogP contribution in [0, 0.1) is 3.57 Å². The Morgan fingerprint density at radius 3 is 2.55 bits per heavy atom. The molecule has 0 aliphatic rings. The first-order valence-electron chi connectivity index (χ1n) is 9.29. The maximum Gasteiger partial charge on any atom is 0.175 e. The fourth-order valence-electron chi connectivity index (χ4n) is 2.69. The van der Waals surface area contributed by atoms with Crippen molar-refractivity contribution >= 4 is 40.4 Å². The number of nitrogens with zero attached hydrogens (tertiary/aromatic N) is 1. The van der Waals surface area contributed by atoms with E-state index < -0.39 is 0 Å². The smallest absolute Gasteiger partial charge is 0.175 e. The highest BCUT2D eigenvalue weighted by molar-refractivity contribution is 14.1. The molecule has 0 heterocycles. The third-order valence-corrected chi connectivity index (χ3v) is 5.26. The van der Waals surface area contributed by atoms with Crippen molar-refractivity contribution < 1.29 is 9.47 Å². The summed E-state index contributed by atoms with van der Waals surface area (Å²) in [5.41, 5.74) is 6.07. The third-order valence-electron chi connectivity index (χ3n) is 4.09. The Labute approximate surface area is 190 Å². The Bertz CT molecular complexity index is 964. The minimum atomic E-state index is 0.490. The van der Waals surface area contributed by atoms with Crippen molar-refractivity contribution in [2.75, 3.05) is 6.61 Å². The molecule has 0 atom stereocenters. The molecule has 0 saturated carbocycles. The Kier molecular flexibility index (Phi) is 8.19. The van der Waals surface area contributed by atoms with Crippen LogP contribution in [0.3, 0.4) is 0 Å². The molecule has 29 heavy (non-hydrogen) atoms. The predicted octanol–water partition coefficient (Wildman–Crippen LogP) is 6.05. The number of halogens is 2. The molecule has 0 saturated heterocycles. The highest BCUT2D eigenvalue weighted by Gasteiger charge is 2.12. The standard InChI is InChI=1S/C23H22ClIN2O2/c1-2-28-22-13-18(14-26-27-15-19-10-6-7-11-20(19)24)12-21(25)23(22)29-16-17-8-4-3-5-9-17/h3-14,27H,2,15-16H2,1H3/b26-14-. The largest absolute Gasteiger partial charge is 0.490 e. The molecule has 4 nitrogen and oxygen atoms in total. The normalized spacial score (nSPS) is 10.9. The van der Waals surface area contributed by atoms with Gasteiger partial charge < -0.3 is 14.9 Å². The van der Waals surface area contributed by atoms with Crippen LogP contribution in [0.1, 0.15) is 23.6 Å². The van der Waals surface area contributed by atoms with Crippen LogP contribution in [0.15, 0.2) is 71.8 Å². The number of nitrogens with one attached hydrogen (secondary N) is 1. The summed E-state index contributed by atoms with van der Waals surface area (Å²) in [4.78, 5) is 0. The minimum Gasteiger partial charge on any atom is -0.490 e. The summed E-state index contributed by atoms with van der Waals surface area (Å²) in [6.45, 7) is 3.57. The molecule has 3 aromatic carbocycles. The summed E-state index contributed by atoms with van der Waals surface area (Å²) >= 11 is 8.43. The highest BCUT2D eigenvalue weighted by Crippen LogP contribution is 2.34. The van der Waals surface area contributed by atoms with Crippen molar-refractivity contribution in [2.24, 2.45) is 5.10 Å². The van der Waals surface area contributed by atoms with Gasteiger partial charge in [-0.05, 0) is 64.4 Å². The second kappa shape index (κ2) is 11.1. The van der Waals surface area contributed by atoms with E-state index in [2.05, 4.69) is 33.1 Å². The van der Waals surface area contributed by atoms with Crippen molar-refractivity contribution in [3.05, 3.63) is 92.0 Å². The minimum absolute atomic E-state index is 0.490. The monoisotopic (exact) mass is 520 g/mol. The van der Waals surface area contributed by atoms with Crippen LogP contribution in [-0.2, 0) is 13.2 Å². The zero-order chi connectivity index (χ0) is 20.5. The van der Waals surface area contributed by atoms with Crippen LogP contribution in [0.25, 0.3) is 0 Å². The lowest BCUT2D eigenvalue weighted by atomic mass is 10.2. The summed E-state index contributed by atoms with van der Waals surface area (Å²) in [6, 6.07) is 21.7. The van der Waals surface area contributed by atoms with Crippen LogP contribution in [0.2, 0.25) is 5.02 Å². The van der Waals surface area contributed by atoms with Crippen molar-refractivity contribution in [1.29, 1.82) is 0 Å². The second-order valence-electron chi connectivity index (χ2n) is 6.22. The van der Waals surface area contributed by atoms with Crippen molar-refractivity contribution in [2.45, 2.75) is 20.1 Å². The molecular formula is C23H22ClIN2O2. The number of hydrazone groups is 1. The first-order valence-corrected chi connectivity index (χ1v) is 10.8. The van der Waals surface area contributed by atoms with E-state index in [0.29, 0.717) is 25.5 Å².